The Morgan fingerprint density at radius 1 is 1.10 bits per heavy atom. The summed E-state index contributed by atoms with van der Waals surface area (Å²) in [5.41, 5.74) is -0.492. The van der Waals surface area contributed by atoms with Crippen molar-refractivity contribution in [2.24, 2.45) is 0 Å². The number of hydrogen-bond acceptors (Lipinski definition) is 1. The number of ketones is 1. The topological polar surface area (TPSA) is 17.1 Å². The van der Waals surface area contributed by atoms with Crippen molar-refractivity contribution in [3.63, 3.8) is 0 Å². The predicted octanol–water partition coefficient (Wildman–Crippen LogP) is 4.49. The fraction of sp³-hybridized carbons (Fsp3) is 0.133. The van der Waals surface area contributed by atoms with Gasteiger partial charge < -0.3 is 0 Å². The molecule has 0 bridgehead atoms. The summed E-state index contributed by atoms with van der Waals surface area (Å²) in [4.78, 5) is 12.0. The SMILES string of the molecule is Cc1ccc(F)c(C(=O)Cc2cc(Cl)ccc2F)c1F. The normalized spacial score (nSPS) is 10.7. The van der Waals surface area contributed by atoms with Crippen molar-refractivity contribution in [3.8, 4) is 0 Å². The zero-order valence-electron chi connectivity index (χ0n) is 10.5. The van der Waals surface area contributed by atoms with E-state index in [2.05, 4.69) is 0 Å². The van der Waals surface area contributed by atoms with Crippen molar-refractivity contribution in [1.82, 2.24) is 0 Å². The van der Waals surface area contributed by atoms with Gasteiger partial charge in [0.15, 0.2) is 5.78 Å². The second kappa shape index (κ2) is 5.67. The van der Waals surface area contributed by atoms with E-state index in [9.17, 15) is 18.0 Å². The van der Waals surface area contributed by atoms with E-state index in [1.165, 1.54) is 25.1 Å². The fourth-order valence-electron chi connectivity index (χ4n) is 1.85. The highest BCUT2D eigenvalue weighted by atomic mass is 35.5. The molecule has 104 valence electrons. The standard InChI is InChI=1S/C15H10ClF3O/c1-8-2-4-12(18)14(15(8)19)13(20)7-9-6-10(16)3-5-11(9)17/h2-6H,7H2,1H3. The van der Waals surface area contributed by atoms with Crippen LogP contribution in [-0.2, 0) is 6.42 Å². The summed E-state index contributed by atoms with van der Waals surface area (Å²) in [6.45, 7) is 1.42. The molecule has 0 aliphatic rings. The average molecular weight is 299 g/mol. The van der Waals surface area contributed by atoms with E-state index in [4.69, 9.17) is 11.6 Å². The van der Waals surface area contributed by atoms with E-state index in [0.717, 1.165) is 12.1 Å². The summed E-state index contributed by atoms with van der Waals surface area (Å²) in [7, 11) is 0. The van der Waals surface area contributed by atoms with Gasteiger partial charge in [0.1, 0.15) is 17.5 Å². The van der Waals surface area contributed by atoms with Crippen LogP contribution in [0.25, 0.3) is 0 Å². The highest BCUT2D eigenvalue weighted by Gasteiger charge is 2.20. The Bertz CT molecular complexity index is 683. The first-order chi connectivity index (χ1) is 9.40. The van der Waals surface area contributed by atoms with Crippen molar-refractivity contribution >= 4 is 17.4 Å². The lowest BCUT2D eigenvalue weighted by atomic mass is 10.00. The van der Waals surface area contributed by atoms with Crippen LogP contribution >= 0.6 is 11.6 Å². The third kappa shape index (κ3) is 2.85. The van der Waals surface area contributed by atoms with Crippen LogP contribution < -0.4 is 0 Å². The molecule has 0 N–H and O–H groups in total. The van der Waals surface area contributed by atoms with Crippen molar-refractivity contribution in [2.45, 2.75) is 13.3 Å². The van der Waals surface area contributed by atoms with Gasteiger partial charge in [-0.1, -0.05) is 17.7 Å². The maximum atomic E-state index is 13.8. The number of hydrogen-bond donors (Lipinski definition) is 0. The van der Waals surface area contributed by atoms with Crippen molar-refractivity contribution in [2.75, 3.05) is 0 Å². The first-order valence-electron chi connectivity index (χ1n) is 5.82. The maximum Gasteiger partial charge on any atom is 0.173 e. The quantitative estimate of drug-likeness (QED) is 0.763. The molecule has 0 aliphatic heterocycles. The number of Topliss-reactive ketones (excluding diaryl/α,β-unsaturated/α-hetero) is 1. The van der Waals surface area contributed by atoms with Gasteiger partial charge in [0.2, 0.25) is 0 Å². The Kier molecular flexibility index (Phi) is 4.14. The highest BCUT2D eigenvalue weighted by molar-refractivity contribution is 6.30. The lowest BCUT2D eigenvalue weighted by molar-refractivity contribution is 0.0983. The second-order valence-corrected chi connectivity index (χ2v) is 4.83. The van der Waals surface area contributed by atoms with Gasteiger partial charge in [-0.25, -0.2) is 13.2 Å². The molecule has 0 aliphatic carbocycles. The van der Waals surface area contributed by atoms with Crippen LogP contribution in [0.4, 0.5) is 13.2 Å². The van der Waals surface area contributed by atoms with Crippen molar-refractivity contribution in [1.29, 1.82) is 0 Å². The molecule has 0 radical (unpaired) electrons. The minimum atomic E-state index is -0.958. The maximum absolute atomic E-state index is 13.8. The minimum Gasteiger partial charge on any atom is -0.294 e. The molecule has 0 unspecified atom stereocenters. The number of rotatable bonds is 3. The molecule has 0 saturated heterocycles. The molecular weight excluding hydrogens is 289 g/mol. The zero-order chi connectivity index (χ0) is 14.9. The van der Waals surface area contributed by atoms with Crippen LogP contribution in [0.2, 0.25) is 5.02 Å². The molecule has 0 saturated carbocycles. The number of carbonyl (C=O) groups is 1. The molecular formula is C15H10ClF3O. The van der Waals surface area contributed by atoms with Gasteiger partial charge in [-0.2, -0.15) is 0 Å². The van der Waals surface area contributed by atoms with E-state index in [-0.39, 0.29) is 16.1 Å². The smallest absolute Gasteiger partial charge is 0.173 e. The molecule has 1 nitrogen and oxygen atoms in total. The molecule has 5 heteroatoms. The monoisotopic (exact) mass is 298 g/mol. The van der Waals surface area contributed by atoms with Crippen LogP contribution in [0.1, 0.15) is 21.5 Å². The predicted molar refractivity (Wildman–Crippen MR) is 70.5 cm³/mol. The van der Waals surface area contributed by atoms with Gasteiger partial charge in [-0.15, -0.1) is 0 Å². The van der Waals surface area contributed by atoms with Gasteiger partial charge in [0.05, 0.1) is 5.56 Å². The molecule has 2 aromatic carbocycles. The Morgan fingerprint density at radius 3 is 2.45 bits per heavy atom. The summed E-state index contributed by atoms with van der Waals surface area (Å²) < 4.78 is 40.9. The van der Waals surface area contributed by atoms with Crippen LogP contribution in [-0.4, -0.2) is 5.78 Å². The molecule has 0 heterocycles. The van der Waals surface area contributed by atoms with Crippen molar-refractivity contribution in [3.05, 3.63) is 69.5 Å². The Morgan fingerprint density at radius 2 is 1.75 bits per heavy atom. The molecule has 0 amide bonds. The average Bonchev–Trinajstić information content (AvgIpc) is 2.39. The Balaban J connectivity index is 2.38. The molecule has 2 rings (SSSR count). The third-order valence-electron chi connectivity index (χ3n) is 2.92. The summed E-state index contributed by atoms with van der Waals surface area (Å²) >= 11 is 5.71. The first-order valence-corrected chi connectivity index (χ1v) is 6.19. The second-order valence-electron chi connectivity index (χ2n) is 4.39. The summed E-state index contributed by atoms with van der Waals surface area (Å²) in [6.07, 6.45) is -0.455. The highest BCUT2D eigenvalue weighted by Crippen LogP contribution is 2.21. The van der Waals surface area contributed by atoms with Crippen LogP contribution in [0.15, 0.2) is 30.3 Å². The minimum absolute atomic E-state index is 0.00260. The molecule has 0 fully saturated rings. The van der Waals surface area contributed by atoms with Crippen LogP contribution in [0, 0.1) is 24.4 Å². The summed E-state index contributed by atoms with van der Waals surface area (Å²) in [5.74, 6) is -3.35. The summed E-state index contributed by atoms with van der Waals surface area (Å²) in [6, 6.07) is 5.95. The Hall–Kier alpha value is -1.81. The van der Waals surface area contributed by atoms with Gasteiger partial charge in [0.25, 0.3) is 0 Å². The van der Waals surface area contributed by atoms with E-state index >= 15 is 0 Å². The number of aryl methyl sites for hydroxylation is 1. The van der Waals surface area contributed by atoms with E-state index in [1.54, 1.807) is 0 Å². The first kappa shape index (κ1) is 14.6. The van der Waals surface area contributed by atoms with Gasteiger partial charge in [0, 0.05) is 11.4 Å². The molecule has 20 heavy (non-hydrogen) atoms. The lowest BCUT2D eigenvalue weighted by Crippen LogP contribution is -2.11. The number of carbonyl (C=O) groups excluding carboxylic acids is 1. The van der Waals surface area contributed by atoms with Gasteiger partial charge in [-0.3, -0.25) is 4.79 Å². The largest absolute Gasteiger partial charge is 0.294 e. The number of halogens is 4. The lowest BCUT2D eigenvalue weighted by Gasteiger charge is -2.07. The van der Waals surface area contributed by atoms with Gasteiger partial charge >= 0.3 is 0 Å². The van der Waals surface area contributed by atoms with Crippen LogP contribution in [0.3, 0.4) is 0 Å². The fourth-order valence-corrected chi connectivity index (χ4v) is 2.05. The van der Waals surface area contributed by atoms with Gasteiger partial charge in [-0.05, 0) is 42.3 Å². The summed E-state index contributed by atoms with van der Waals surface area (Å²) in [5, 5.41) is 0.249. The number of benzene rings is 2. The zero-order valence-corrected chi connectivity index (χ0v) is 11.3. The molecule has 2 aromatic rings. The third-order valence-corrected chi connectivity index (χ3v) is 3.16. The molecule has 0 spiro atoms. The van der Waals surface area contributed by atoms with E-state index in [0.29, 0.717) is 0 Å². The Labute approximate surface area is 119 Å². The van der Waals surface area contributed by atoms with E-state index < -0.39 is 35.2 Å². The van der Waals surface area contributed by atoms with Crippen LogP contribution in [0.5, 0.6) is 0 Å². The van der Waals surface area contributed by atoms with E-state index in [1.807, 2.05) is 0 Å². The van der Waals surface area contributed by atoms with Crippen molar-refractivity contribution < 1.29 is 18.0 Å². The molecule has 0 atom stereocenters. The molecule has 0 aromatic heterocycles.